The molecule has 1 aromatic carbocycles. The Labute approximate surface area is 169 Å². The molecule has 0 N–H and O–H groups in total. The second-order valence-electron chi connectivity index (χ2n) is 7.43. The Morgan fingerprint density at radius 1 is 1.18 bits per heavy atom. The van der Waals surface area contributed by atoms with Crippen LogP contribution in [0.4, 0.5) is 0 Å². The van der Waals surface area contributed by atoms with Crippen LogP contribution in [0.1, 0.15) is 71.1 Å². The highest BCUT2D eigenvalue weighted by atomic mass is 35.5. The van der Waals surface area contributed by atoms with Crippen molar-refractivity contribution < 1.29 is 14.3 Å². The third-order valence-corrected chi connectivity index (χ3v) is 5.65. The van der Waals surface area contributed by atoms with Crippen molar-refractivity contribution in [1.29, 1.82) is 0 Å². The summed E-state index contributed by atoms with van der Waals surface area (Å²) >= 11 is 6.01. The number of hydrogen-bond acceptors (Lipinski definition) is 4. The lowest BCUT2D eigenvalue weighted by atomic mass is 10.0. The molecule has 0 radical (unpaired) electrons. The minimum absolute atomic E-state index is 0.0102. The summed E-state index contributed by atoms with van der Waals surface area (Å²) in [6.07, 6.45) is 3.91. The second kappa shape index (κ2) is 7.95. The lowest BCUT2D eigenvalue weighted by molar-refractivity contribution is 0.0517. The highest BCUT2D eigenvalue weighted by molar-refractivity contribution is 6.30. The highest BCUT2D eigenvalue weighted by Gasteiger charge is 2.33. The molecule has 2 aliphatic rings. The quantitative estimate of drug-likeness (QED) is 0.708. The van der Waals surface area contributed by atoms with Gasteiger partial charge >= 0.3 is 5.97 Å². The van der Waals surface area contributed by atoms with Gasteiger partial charge < -0.3 is 9.64 Å². The number of aromatic nitrogens is 2. The highest BCUT2D eigenvalue weighted by Crippen LogP contribution is 2.42. The van der Waals surface area contributed by atoms with Crippen molar-refractivity contribution in [3.63, 3.8) is 0 Å². The van der Waals surface area contributed by atoms with E-state index in [4.69, 9.17) is 16.3 Å². The Morgan fingerprint density at radius 2 is 1.93 bits per heavy atom. The van der Waals surface area contributed by atoms with Crippen molar-refractivity contribution in [1.82, 2.24) is 14.7 Å². The Kier molecular flexibility index (Phi) is 5.40. The van der Waals surface area contributed by atoms with Gasteiger partial charge in [0.25, 0.3) is 5.91 Å². The predicted octanol–water partition coefficient (Wildman–Crippen LogP) is 4.07. The average Bonchev–Trinajstić information content (AvgIpc) is 3.46. The maximum Gasteiger partial charge on any atom is 0.358 e. The average molecular weight is 402 g/mol. The number of amides is 1. The number of rotatable bonds is 5. The fourth-order valence-corrected chi connectivity index (χ4v) is 4.00. The summed E-state index contributed by atoms with van der Waals surface area (Å²) in [5, 5.41) is 5.14. The number of halogens is 1. The zero-order chi connectivity index (χ0) is 19.7. The van der Waals surface area contributed by atoms with E-state index in [9.17, 15) is 9.59 Å². The monoisotopic (exact) mass is 401 g/mol. The maximum atomic E-state index is 12.7. The van der Waals surface area contributed by atoms with E-state index in [1.54, 1.807) is 31.2 Å². The number of carbonyl (C=O) groups excluding carboxylic acids is 2. The van der Waals surface area contributed by atoms with Crippen LogP contribution in [0.15, 0.2) is 30.3 Å². The van der Waals surface area contributed by atoms with E-state index in [-0.39, 0.29) is 17.9 Å². The van der Waals surface area contributed by atoms with Gasteiger partial charge in [-0.15, -0.1) is 0 Å². The van der Waals surface area contributed by atoms with Crippen LogP contribution < -0.4 is 0 Å². The molecule has 0 unspecified atom stereocenters. The van der Waals surface area contributed by atoms with E-state index in [0.29, 0.717) is 41.9 Å². The van der Waals surface area contributed by atoms with Crippen LogP contribution >= 0.6 is 11.6 Å². The molecule has 0 atom stereocenters. The van der Waals surface area contributed by atoms with Gasteiger partial charge in [0, 0.05) is 35.3 Å². The summed E-state index contributed by atoms with van der Waals surface area (Å²) in [5.74, 6) is 0.134. The van der Waals surface area contributed by atoms with Crippen molar-refractivity contribution in [2.75, 3.05) is 19.7 Å². The van der Waals surface area contributed by atoms with Gasteiger partial charge in [-0.3, -0.25) is 9.48 Å². The van der Waals surface area contributed by atoms with Gasteiger partial charge in [-0.2, -0.15) is 5.10 Å². The lowest BCUT2D eigenvalue weighted by Gasteiger charge is -2.33. The maximum absolute atomic E-state index is 12.7. The SMILES string of the molecule is CCOC(=O)c1cc(C2CC2)n(C2CCN(C(=O)c3cccc(Cl)c3)CC2)n1. The van der Waals surface area contributed by atoms with Crippen molar-refractivity contribution in [2.24, 2.45) is 0 Å². The third kappa shape index (κ3) is 3.92. The first-order valence-corrected chi connectivity index (χ1v) is 10.3. The summed E-state index contributed by atoms with van der Waals surface area (Å²) in [4.78, 5) is 26.7. The normalized spacial score (nSPS) is 17.6. The van der Waals surface area contributed by atoms with E-state index in [1.165, 1.54) is 0 Å². The van der Waals surface area contributed by atoms with Gasteiger partial charge in [0.1, 0.15) is 0 Å². The van der Waals surface area contributed by atoms with Crippen LogP contribution in [-0.4, -0.2) is 46.3 Å². The van der Waals surface area contributed by atoms with Crippen molar-refractivity contribution in [2.45, 2.75) is 44.6 Å². The van der Waals surface area contributed by atoms with Gasteiger partial charge in [0.2, 0.25) is 0 Å². The third-order valence-electron chi connectivity index (χ3n) is 5.41. The van der Waals surface area contributed by atoms with Gasteiger partial charge in [-0.25, -0.2) is 4.79 Å². The predicted molar refractivity (Wildman–Crippen MR) is 106 cm³/mol. The van der Waals surface area contributed by atoms with Crippen molar-refractivity contribution >= 4 is 23.5 Å². The molecule has 0 spiro atoms. The number of nitrogens with zero attached hydrogens (tertiary/aromatic N) is 3. The van der Waals surface area contributed by atoms with Crippen LogP contribution in [0.3, 0.4) is 0 Å². The number of piperidine rings is 1. The van der Waals surface area contributed by atoms with E-state index in [2.05, 4.69) is 5.10 Å². The zero-order valence-corrected chi connectivity index (χ0v) is 16.7. The van der Waals surface area contributed by atoms with Gasteiger partial charge in [-0.05, 0) is 56.9 Å². The van der Waals surface area contributed by atoms with E-state index in [1.807, 2.05) is 15.6 Å². The largest absolute Gasteiger partial charge is 0.461 e. The summed E-state index contributed by atoms with van der Waals surface area (Å²) in [6.45, 7) is 3.46. The standard InChI is InChI=1S/C21H24ClN3O3/c1-2-28-21(27)18-13-19(14-6-7-14)25(23-18)17-8-10-24(11-9-17)20(26)15-4-3-5-16(22)12-15/h3-5,12-14,17H,2,6-11H2,1H3. The fraction of sp³-hybridized carbons (Fsp3) is 0.476. The molecule has 1 aliphatic heterocycles. The molecule has 1 saturated carbocycles. The molecule has 2 heterocycles. The summed E-state index contributed by atoms with van der Waals surface area (Å²) in [5.41, 5.74) is 2.14. The Morgan fingerprint density at radius 3 is 2.57 bits per heavy atom. The molecule has 2 aromatic rings. The summed E-state index contributed by atoms with van der Waals surface area (Å²) < 4.78 is 7.13. The second-order valence-corrected chi connectivity index (χ2v) is 7.86. The molecular weight excluding hydrogens is 378 g/mol. The fourth-order valence-electron chi connectivity index (χ4n) is 3.81. The molecule has 6 nitrogen and oxygen atoms in total. The Bertz CT molecular complexity index is 883. The van der Waals surface area contributed by atoms with Crippen LogP contribution in [0, 0.1) is 0 Å². The molecular formula is C21H24ClN3O3. The first-order chi connectivity index (χ1) is 13.6. The molecule has 1 aliphatic carbocycles. The molecule has 28 heavy (non-hydrogen) atoms. The zero-order valence-electron chi connectivity index (χ0n) is 15.9. The lowest BCUT2D eigenvalue weighted by Crippen LogP contribution is -2.39. The number of hydrogen-bond donors (Lipinski definition) is 0. The molecule has 0 bridgehead atoms. The van der Waals surface area contributed by atoms with Crippen molar-refractivity contribution in [3.05, 3.63) is 52.3 Å². The molecule has 2 fully saturated rings. The number of carbonyl (C=O) groups is 2. The first-order valence-electron chi connectivity index (χ1n) is 9.88. The number of ether oxygens (including phenoxy) is 1. The van der Waals surface area contributed by atoms with Crippen LogP contribution in [0.2, 0.25) is 5.02 Å². The Hall–Kier alpha value is -2.34. The summed E-state index contributed by atoms with van der Waals surface area (Å²) in [7, 11) is 0. The molecule has 1 aromatic heterocycles. The van der Waals surface area contributed by atoms with Crippen LogP contribution in [0.25, 0.3) is 0 Å². The number of benzene rings is 1. The van der Waals surface area contributed by atoms with Crippen LogP contribution in [0.5, 0.6) is 0 Å². The summed E-state index contributed by atoms with van der Waals surface area (Å²) in [6, 6.07) is 9.15. The van der Waals surface area contributed by atoms with E-state index < -0.39 is 0 Å². The minimum Gasteiger partial charge on any atom is -0.461 e. The van der Waals surface area contributed by atoms with Gasteiger partial charge in [-0.1, -0.05) is 17.7 Å². The molecule has 7 heteroatoms. The molecule has 1 saturated heterocycles. The number of likely N-dealkylation sites (tertiary alicyclic amines) is 1. The minimum atomic E-state index is -0.364. The van der Waals surface area contributed by atoms with Crippen molar-refractivity contribution in [3.8, 4) is 0 Å². The van der Waals surface area contributed by atoms with Crippen LogP contribution in [-0.2, 0) is 4.74 Å². The van der Waals surface area contributed by atoms with Gasteiger partial charge in [0.05, 0.1) is 12.6 Å². The molecule has 148 valence electrons. The van der Waals surface area contributed by atoms with Gasteiger partial charge in [0.15, 0.2) is 5.69 Å². The topological polar surface area (TPSA) is 64.4 Å². The molecule has 4 rings (SSSR count). The first kappa shape index (κ1) is 19.0. The molecule has 1 amide bonds. The Balaban J connectivity index is 1.46. The number of esters is 1. The van der Waals surface area contributed by atoms with E-state index in [0.717, 1.165) is 31.4 Å². The smallest absolute Gasteiger partial charge is 0.358 e. The van der Waals surface area contributed by atoms with E-state index >= 15 is 0 Å².